The van der Waals surface area contributed by atoms with Crippen LogP contribution in [0.5, 0.6) is 0 Å². The molecule has 2 unspecified atom stereocenters. The third-order valence-corrected chi connectivity index (χ3v) is 1.80. The number of aliphatic carboxylic acids is 1. The van der Waals surface area contributed by atoms with Crippen LogP contribution in [0, 0.1) is 5.92 Å². The van der Waals surface area contributed by atoms with Crippen molar-refractivity contribution in [3.8, 4) is 0 Å². The lowest BCUT2D eigenvalue weighted by Crippen LogP contribution is -2.26. The second kappa shape index (κ2) is 5.97. The summed E-state index contributed by atoms with van der Waals surface area (Å²) >= 11 is 0. The van der Waals surface area contributed by atoms with E-state index in [1.54, 1.807) is 0 Å². The number of hydrogen-bond donors (Lipinski definition) is 3. The quantitative estimate of drug-likeness (QED) is 0.541. The molecule has 0 heterocycles. The highest BCUT2D eigenvalue weighted by Crippen LogP contribution is 2.12. The van der Waals surface area contributed by atoms with E-state index in [1.807, 2.05) is 6.92 Å². The molecule has 0 bridgehead atoms. The van der Waals surface area contributed by atoms with Gasteiger partial charge in [0.1, 0.15) is 0 Å². The topological polar surface area (TPSA) is 77.8 Å². The van der Waals surface area contributed by atoms with Crippen molar-refractivity contribution in [3.05, 3.63) is 0 Å². The van der Waals surface area contributed by atoms with Gasteiger partial charge in [-0.3, -0.25) is 4.79 Å². The molecule has 4 heteroatoms. The zero-order valence-electron chi connectivity index (χ0n) is 7.23. The van der Waals surface area contributed by atoms with E-state index in [9.17, 15) is 9.90 Å². The summed E-state index contributed by atoms with van der Waals surface area (Å²) in [5, 5.41) is 26.5. The van der Waals surface area contributed by atoms with Gasteiger partial charge in [-0.05, 0) is 6.42 Å². The van der Waals surface area contributed by atoms with E-state index >= 15 is 0 Å². The Kier molecular flexibility index (Phi) is 5.66. The largest absolute Gasteiger partial charge is 0.481 e. The number of carboxylic acid groups (broad SMARTS) is 1. The molecule has 12 heavy (non-hydrogen) atoms. The van der Waals surface area contributed by atoms with Crippen molar-refractivity contribution in [2.45, 2.75) is 32.3 Å². The number of hydrogen-bond acceptors (Lipinski definition) is 3. The van der Waals surface area contributed by atoms with Crippen molar-refractivity contribution >= 4 is 5.97 Å². The zero-order chi connectivity index (χ0) is 9.56. The van der Waals surface area contributed by atoms with Gasteiger partial charge in [0.25, 0.3) is 0 Å². The van der Waals surface area contributed by atoms with Gasteiger partial charge in [0.05, 0.1) is 12.5 Å². The summed E-state index contributed by atoms with van der Waals surface area (Å²) in [5.74, 6) is -1.51. The third kappa shape index (κ3) is 4.31. The Hall–Kier alpha value is -0.610. The lowest BCUT2D eigenvalue weighted by molar-refractivity contribution is -0.139. The molecule has 0 rings (SSSR count). The monoisotopic (exact) mass is 176 g/mol. The number of aliphatic hydroxyl groups excluding tert-OH is 2. The molecule has 0 saturated heterocycles. The Labute approximate surface area is 71.8 Å². The van der Waals surface area contributed by atoms with Crippen molar-refractivity contribution in [1.82, 2.24) is 0 Å². The van der Waals surface area contributed by atoms with E-state index < -0.39 is 18.0 Å². The van der Waals surface area contributed by atoms with Gasteiger partial charge in [-0.25, -0.2) is 0 Å². The molecule has 0 fully saturated rings. The van der Waals surface area contributed by atoms with Crippen LogP contribution < -0.4 is 0 Å². The third-order valence-electron chi connectivity index (χ3n) is 1.80. The van der Waals surface area contributed by atoms with Gasteiger partial charge in [-0.2, -0.15) is 0 Å². The van der Waals surface area contributed by atoms with Crippen LogP contribution in [-0.4, -0.2) is 34.0 Å². The molecule has 0 saturated carbocycles. The molecule has 0 aliphatic carbocycles. The van der Waals surface area contributed by atoms with Crippen molar-refractivity contribution in [2.75, 3.05) is 6.61 Å². The molecule has 2 atom stereocenters. The van der Waals surface area contributed by atoms with Crippen LogP contribution in [-0.2, 0) is 4.79 Å². The molecule has 0 aliphatic heterocycles. The van der Waals surface area contributed by atoms with E-state index in [-0.39, 0.29) is 13.0 Å². The summed E-state index contributed by atoms with van der Waals surface area (Å²) in [4.78, 5) is 10.3. The van der Waals surface area contributed by atoms with E-state index in [0.717, 1.165) is 6.42 Å². The molecule has 0 spiro atoms. The number of carboxylic acids is 1. The van der Waals surface area contributed by atoms with Crippen molar-refractivity contribution in [3.63, 3.8) is 0 Å². The summed E-state index contributed by atoms with van der Waals surface area (Å²) in [7, 11) is 0. The average molecular weight is 176 g/mol. The van der Waals surface area contributed by atoms with Crippen molar-refractivity contribution in [1.29, 1.82) is 0 Å². The van der Waals surface area contributed by atoms with Gasteiger partial charge in [0.2, 0.25) is 0 Å². The fraction of sp³-hybridized carbons (Fsp3) is 0.875. The minimum Gasteiger partial charge on any atom is -0.481 e. The van der Waals surface area contributed by atoms with Gasteiger partial charge < -0.3 is 15.3 Å². The maximum atomic E-state index is 10.3. The van der Waals surface area contributed by atoms with Crippen molar-refractivity contribution in [2.24, 2.45) is 5.92 Å². The van der Waals surface area contributed by atoms with E-state index in [1.165, 1.54) is 0 Å². The molecule has 0 amide bonds. The lowest BCUT2D eigenvalue weighted by Gasteiger charge is -2.17. The first kappa shape index (κ1) is 11.4. The summed E-state index contributed by atoms with van der Waals surface area (Å²) in [6.07, 6.45) is 0.462. The maximum Gasteiger partial charge on any atom is 0.303 e. The van der Waals surface area contributed by atoms with E-state index in [4.69, 9.17) is 10.2 Å². The summed E-state index contributed by atoms with van der Waals surface area (Å²) in [5.41, 5.74) is 0. The number of carbonyl (C=O) groups is 1. The van der Waals surface area contributed by atoms with Gasteiger partial charge in [0.15, 0.2) is 0 Å². The molecular formula is C8H16O4. The average Bonchev–Trinajstić information content (AvgIpc) is 2.00. The van der Waals surface area contributed by atoms with E-state index in [2.05, 4.69) is 0 Å². The number of rotatable bonds is 6. The molecule has 0 aliphatic rings. The fourth-order valence-electron chi connectivity index (χ4n) is 1.08. The van der Waals surface area contributed by atoms with Crippen LogP contribution in [0.3, 0.4) is 0 Å². The Bertz CT molecular complexity index is 135. The van der Waals surface area contributed by atoms with Gasteiger partial charge in [0, 0.05) is 12.5 Å². The fourth-order valence-corrected chi connectivity index (χ4v) is 1.08. The van der Waals surface area contributed by atoms with Crippen LogP contribution in [0.1, 0.15) is 26.2 Å². The maximum absolute atomic E-state index is 10.3. The van der Waals surface area contributed by atoms with Gasteiger partial charge in [-0.1, -0.05) is 13.3 Å². The minimum absolute atomic E-state index is 0.169. The normalized spacial score (nSPS) is 15.6. The second-order valence-corrected chi connectivity index (χ2v) is 2.90. The lowest BCUT2D eigenvalue weighted by atomic mass is 9.96. The number of aliphatic hydroxyl groups is 2. The standard InChI is InChI=1S/C8H16O4/c1-2-3-7(10)6(5-9)4-8(11)12/h6-7,9-10H,2-5H2,1H3,(H,11,12). The Morgan fingerprint density at radius 1 is 1.50 bits per heavy atom. The van der Waals surface area contributed by atoms with E-state index in [0.29, 0.717) is 6.42 Å². The molecule has 0 aromatic heterocycles. The summed E-state index contributed by atoms with van der Waals surface area (Å²) in [6.45, 7) is 1.63. The Morgan fingerprint density at radius 3 is 2.42 bits per heavy atom. The molecule has 0 aromatic rings. The SMILES string of the molecule is CCCC(O)C(CO)CC(=O)O. The zero-order valence-corrected chi connectivity index (χ0v) is 7.23. The van der Waals surface area contributed by atoms with Crippen LogP contribution in [0.25, 0.3) is 0 Å². The first-order chi connectivity index (χ1) is 5.61. The van der Waals surface area contributed by atoms with Crippen LogP contribution in [0.15, 0.2) is 0 Å². The summed E-state index contributed by atoms with van der Waals surface area (Å²) < 4.78 is 0. The molecule has 72 valence electrons. The highest BCUT2D eigenvalue weighted by Gasteiger charge is 2.20. The highest BCUT2D eigenvalue weighted by molar-refractivity contribution is 5.67. The molecule has 0 aromatic carbocycles. The van der Waals surface area contributed by atoms with Gasteiger partial charge in [-0.15, -0.1) is 0 Å². The van der Waals surface area contributed by atoms with Crippen LogP contribution in [0.2, 0.25) is 0 Å². The molecule has 4 nitrogen and oxygen atoms in total. The molecular weight excluding hydrogens is 160 g/mol. The molecule has 0 radical (unpaired) electrons. The smallest absolute Gasteiger partial charge is 0.303 e. The Balaban J connectivity index is 3.86. The predicted molar refractivity (Wildman–Crippen MR) is 43.7 cm³/mol. The highest BCUT2D eigenvalue weighted by atomic mass is 16.4. The van der Waals surface area contributed by atoms with Crippen LogP contribution in [0.4, 0.5) is 0 Å². The first-order valence-corrected chi connectivity index (χ1v) is 4.12. The Morgan fingerprint density at radius 2 is 2.08 bits per heavy atom. The predicted octanol–water partition coefficient (Wildman–Crippen LogP) is 0.231. The molecule has 3 N–H and O–H groups in total. The van der Waals surface area contributed by atoms with Crippen LogP contribution >= 0.6 is 0 Å². The second-order valence-electron chi connectivity index (χ2n) is 2.90. The first-order valence-electron chi connectivity index (χ1n) is 4.12. The van der Waals surface area contributed by atoms with Crippen molar-refractivity contribution < 1.29 is 20.1 Å². The minimum atomic E-state index is -0.982. The summed E-state index contributed by atoms with van der Waals surface area (Å²) in [6, 6.07) is 0. The van der Waals surface area contributed by atoms with Gasteiger partial charge >= 0.3 is 5.97 Å².